The molecule has 2 aliphatic rings. The van der Waals surface area contributed by atoms with Gasteiger partial charge in [-0.2, -0.15) is 0 Å². The summed E-state index contributed by atoms with van der Waals surface area (Å²) in [5.41, 5.74) is 0. The van der Waals surface area contributed by atoms with Gasteiger partial charge in [-0.3, -0.25) is 4.79 Å². The lowest BCUT2D eigenvalue weighted by Gasteiger charge is -2.30. The van der Waals surface area contributed by atoms with Crippen molar-refractivity contribution in [1.82, 2.24) is 10.6 Å². The molecule has 1 aliphatic carbocycles. The Bertz CT molecular complexity index is 266. The number of carbonyl (C=O) groups excluding carboxylic acids is 1. The number of hydrogen-bond acceptors (Lipinski definition) is 2. The number of carbonyl (C=O) groups is 1. The zero-order valence-electron chi connectivity index (χ0n) is 12.4. The first-order valence-corrected chi connectivity index (χ1v) is 8.30. The van der Waals surface area contributed by atoms with Crippen molar-refractivity contribution in [3.63, 3.8) is 0 Å². The maximum absolute atomic E-state index is 12.0. The highest BCUT2D eigenvalue weighted by molar-refractivity contribution is 5.76. The molecule has 0 bridgehead atoms. The molecule has 1 saturated heterocycles. The number of hydrogen-bond donors (Lipinski definition) is 2. The fraction of sp³-hybridized carbons (Fsp3) is 0.938. The van der Waals surface area contributed by atoms with Gasteiger partial charge in [0.15, 0.2) is 0 Å². The molecule has 2 N–H and O–H groups in total. The molecule has 0 radical (unpaired) electrons. The van der Waals surface area contributed by atoms with E-state index in [-0.39, 0.29) is 5.91 Å². The molecule has 110 valence electrons. The van der Waals surface area contributed by atoms with E-state index in [1.807, 2.05) is 0 Å². The van der Waals surface area contributed by atoms with Crippen LogP contribution in [0.1, 0.15) is 71.1 Å². The van der Waals surface area contributed by atoms with Gasteiger partial charge in [0.1, 0.15) is 0 Å². The van der Waals surface area contributed by atoms with Crippen LogP contribution in [-0.4, -0.2) is 24.5 Å². The summed E-state index contributed by atoms with van der Waals surface area (Å²) < 4.78 is 0. The van der Waals surface area contributed by atoms with E-state index in [2.05, 4.69) is 17.6 Å². The molecular weight excluding hydrogens is 236 g/mol. The Labute approximate surface area is 117 Å². The molecule has 1 aliphatic heterocycles. The Morgan fingerprint density at radius 2 is 1.95 bits per heavy atom. The summed E-state index contributed by atoms with van der Waals surface area (Å²) in [6.07, 6.45) is 12.0. The molecule has 1 unspecified atom stereocenters. The standard InChI is InChI=1S/C16H30N2O/c1-2-5-13-7-9-14(10-8-13)18-16(19)12-15-6-3-4-11-17-15/h13-15,17H,2-12H2,1H3,(H,18,19). The molecule has 0 spiro atoms. The normalized spacial score (nSPS) is 31.9. The van der Waals surface area contributed by atoms with E-state index in [9.17, 15) is 4.79 Å². The number of nitrogens with one attached hydrogen (secondary N) is 2. The molecule has 1 heterocycles. The fourth-order valence-electron chi connectivity index (χ4n) is 3.61. The van der Waals surface area contributed by atoms with Gasteiger partial charge in [-0.25, -0.2) is 0 Å². The number of amides is 1. The second kappa shape index (κ2) is 7.88. The number of piperidine rings is 1. The van der Waals surface area contributed by atoms with Crippen LogP contribution in [0.5, 0.6) is 0 Å². The second-order valence-corrected chi connectivity index (χ2v) is 6.42. The lowest BCUT2D eigenvalue weighted by Crippen LogP contribution is -2.42. The van der Waals surface area contributed by atoms with Gasteiger partial charge in [0.25, 0.3) is 0 Å². The molecule has 0 aromatic rings. The van der Waals surface area contributed by atoms with E-state index in [1.54, 1.807) is 0 Å². The average molecular weight is 266 g/mol. The summed E-state index contributed by atoms with van der Waals surface area (Å²) in [5, 5.41) is 6.70. The van der Waals surface area contributed by atoms with Crippen molar-refractivity contribution < 1.29 is 4.79 Å². The van der Waals surface area contributed by atoms with Crippen molar-refractivity contribution in [2.24, 2.45) is 5.92 Å². The highest BCUT2D eigenvalue weighted by Crippen LogP contribution is 2.27. The summed E-state index contributed by atoms with van der Waals surface area (Å²) in [7, 11) is 0. The van der Waals surface area contributed by atoms with Crippen LogP contribution in [0, 0.1) is 5.92 Å². The summed E-state index contributed by atoms with van der Waals surface area (Å²) in [4.78, 5) is 12.0. The molecule has 3 nitrogen and oxygen atoms in total. The third-order valence-electron chi connectivity index (χ3n) is 4.75. The molecule has 2 fully saturated rings. The number of rotatable bonds is 5. The molecule has 0 aromatic carbocycles. The molecule has 19 heavy (non-hydrogen) atoms. The zero-order chi connectivity index (χ0) is 13.5. The van der Waals surface area contributed by atoms with Crippen molar-refractivity contribution in [2.45, 2.75) is 83.2 Å². The topological polar surface area (TPSA) is 41.1 Å². The highest BCUT2D eigenvalue weighted by Gasteiger charge is 2.23. The average Bonchev–Trinajstić information content (AvgIpc) is 2.42. The van der Waals surface area contributed by atoms with E-state index < -0.39 is 0 Å². The molecule has 1 atom stereocenters. The summed E-state index contributed by atoms with van der Waals surface area (Å²) in [6.45, 7) is 3.35. The van der Waals surface area contributed by atoms with E-state index in [4.69, 9.17) is 0 Å². The van der Waals surface area contributed by atoms with Crippen LogP contribution in [0.15, 0.2) is 0 Å². The monoisotopic (exact) mass is 266 g/mol. The van der Waals surface area contributed by atoms with Crippen LogP contribution >= 0.6 is 0 Å². The SMILES string of the molecule is CCCC1CCC(NC(=O)CC2CCCCN2)CC1. The van der Waals surface area contributed by atoms with Crippen LogP contribution in [0.4, 0.5) is 0 Å². The van der Waals surface area contributed by atoms with E-state index in [0.29, 0.717) is 18.5 Å². The van der Waals surface area contributed by atoms with Gasteiger partial charge in [-0.1, -0.05) is 26.2 Å². The first kappa shape index (κ1) is 14.8. The molecule has 1 saturated carbocycles. The first-order chi connectivity index (χ1) is 9.28. The minimum atomic E-state index is 0.262. The quantitative estimate of drug-likeness (QED) is 0.803. The van der Waals surface area contributed by atoms with Crippen molar-refractivity contribution in [3.8, 4) is 0 Å². The minimum Gasteiger partial charge on any atom is -0.353 e. The lowest BCUT2D eigenvalue weighted by molar-refractivity contribution is -0.122. The van der Waals surface area contributed by atoms with Crippen molar-refractivity contribution in [1.29, 1.82) is 0 Å². The maximum atomic E-state index is 12.0. The Kier molecular flexibility index (Phi) is 6.15. The Morgan fingerprint density at radius 3 is 2.58 bits per heavy atom. The predicted octanol–water partition coefficient (Wildman–Crippen LogP) is 2.99. The Morgan fingerprint density at radius 1 is 1.16 bits per heavy atom. The molecule has 1 amide bonds. The van der Waals surface area contributed by atoms with Crippen LogP contribution in [0.25, 0.3) is 0 Å². The van der Waals surface area contributed by atoms with Gasteiger partial charge in [-0.15, -0.1) is 0 Å². The van der Waals surface area contributed by atoms with Gasteiger partial charge >= 0.3 is 0 Å². The molecule has 3 heteroatoms. The zero-order valence-corrected chi connectivity index (χ0v) is 12.4. The van der Waals surface area contributed by atoms with Crippen molar-refractivity contribution in [3.05, 3.63) is 0 Å². The smallest absolute Gasteiger partial charge is 0.221 e. The summed E-state index contributed by atoms with van der Waals surface area (Å²) in [6, 6.07) is 0.870. The van der Waals surface area contributed by atoms with Gasteiger partial charge in [0, 0.05) is 18.5 Å². The molecule has 2 rings (SSSR count). The second-order valence-electron chi connectivity index (χ2n) is 6.42. The minimum absolute atomic E-state index is 0.262. The third-order valence-corrected chi connectivity index (χ3v) is 4.75. The van der Waals surface area contributed by atoms with Crippen LogP contribution in [0.2, 0.25) is 0 Å². The van der Waals surface area contributed by atoms with Gasteiger partial charge < -0.3 is 10.6 Å². The maximum Gasteiger partial charge on any atom is 0.221 e. The van der Waals surface area contributed by atoms with Gasteiger partial charge in [0.05, 0.1) is 0 Å². The summed E-state index contributed by atoms with van der Waals surface area (Å²) >= 11 is 0. The van der Waals surface area contributed by atoms with E-state index >= 15 is 0 Å². The molecular formula is C16H30N2O. The largest absolute Gasteiger partial charge is 0.353 e. The first-order valence-electron chi connectivity index (χ1n) is 8.30. The van der Waals surface area contributed by atoms with Gasteiger partial charge in [0.2, 0.25) is 5.91 Å². The fourth-order valence-corrected chi connectivity index (χ4v) is 3.61. The van der Waals surface area contributed by atoms with E-state index in [0.717, 1.165) is 18.9 Å². The Balaban J connectivity index is 1.63. The Hall–Kier alpha value is -0.570. The van der Waals surface area contributed by atoms with E-state index in [1.165, 1.54) is 51.4 Å². The third kappa shape index (κ3) is 5.13. The summed E-state index contributed by atoms with van der Waals surface area (Å²) in [5.74, 6) is 1.18. The molecule has 0 aromatic heterocycles. The lowest BCUT2D eigenvalue weighted by atomic mass is 9.83. The van der Waals surface area contributed by atoms with Gasteiger partial charge in [-0.05, 0) is 51.0 Å². The van der Waals surface area contributed by atoms with Crippen LogP contribution in [-0.2, 0) is 4.79 Å². The predicted molar refractivity (Wildman–Crippen MR) is 79.1 cm³/mol. The van der Waals surface area contributed by atoms with Crippen LogP contribution < -0.4 is 10.6 Å². The highest BCUT2D eigenvalue weighted by atomic mass is 16.1. The van der Waals surface area contributed by atoms with Crippen molar-refractivity contribution >= 4 is 5.91 Å². The van der Waals surface area contributed by atoms with Crippen LogP contribution in [0.3, 0.4) is 0 Å². The van der Waals surface area contributed by atoms with Crippen molar-refractivity contribution in [2.75, 3.05) is 6.54 Å².